The molecule has 0 saturated carbocycles. The molecule has 2 N–H and O–H groups in total. The minimum Gasteiger partial charge on any atom is -0.398 e. The summed E-state index contributed by atoms with van der Waals surface area (Å²) in [4.78, 5) is 24.8. The van der Waals surface area contributed by atoms with Crippen LogP contribution in [0.25, 0.3) is 11.1 Å². The first-order chi connectivity index (χ1) is 12.5. The summed E-state index contributed by atoms with van der Waals surface area (Å²) in [5.74, 6) is 0. The second-order valence-corrected chi connectivity index (χ2v) is 6.39. The molecule has 0 unspecified atom stereocenters. The van der Waals surface area contributed by atoms with Crippen molar-refractivity contribution in [3.05, 3.63) is 86.7 Å². The summed E-state index contributed by atoms with van der Waals surface area (Å²) in [6.45, 7) is 2.36. The molecule has 26 heavy (non-hydrogen) atoms. The van der Waals surface area contributed by atoms with Gasteiger partial charge in [0.2, 0.25) is 0 Å². The van der Waals surface area contributed by atoms with E-state index in [-0.39, 0.29) is 11.2 Å². The highest BCUT2D eigenvalue weighted by Gasteiger charge is 2.14. The smallest absolute Gasteiger partial charge is 0.331 e. The predicted octanol–water partition coefficient (Wildman–Crippen LogP) is 2.80. The average molecular weight is 349 g/mol. The van der Waals surface area contributed by atoms with Crippen molar-refractivity contribution in [1.29, 1.82) is 0 Å². The zero-order valence-electron chi connectivity index (χ0n) is 15.1. The van der Waals surface area contributed by atoms with E-state index < -0.39 is 0 Å². The van der Waals surface area contributed by atoms with Crippen molar-refractivity contribution in [2.45, 2.75) is 26.3 Å². The van der Waals surface area contributed by atoms with Crippen LogP contribution in [0.1, 0.15) is 24.6 Å². The molecule has 0 aliphatic rings. The topological polar surface area (TPSA) is 70.0 Å². The number of nitrogen functional groups attached to an aromatic ring is 1. The third-order valence-corrected chi connectivity index (χ3v) is 4.60. The molecular weight excluding hydrogens is 326 g/mol. The Morgan fingerprint density at radius 2 is 1.73 bits per heavy atom. The maximum atomic E-state index is 12.7. The van der Waals surface area contributed by atoms with Gasteiger partial charge < -0.3 is 5.73 Å². The van der Waals surface area contributed by atoms with Gasteiger partial charge in [0.15, 0.2) is 0 Å². The van der Waals surface area contributed by atoms with E-state index in [2.05, 4.69) is 0 Å². The van der Waals surface area contributed by atoms with Crippen LogP contribution in [0.4, 0.5) is 5.69 Å². The first-order valence-corrected chi connectivity index (χ1v) is 8.75. The lowest BCUT2D eigenvalue weighted by molar-refractivity contribution is 0.607. The van der Waals surface area contributed by atoms with Gasteiger partial charge in [-0.1, -0.05) is 55.8 Å². The molecular formula is C21H23N3O2. The normalized spacial score (nSPS) is 10.8. The molecule has 134 valence electrons. The van der Waals surface area contributed by atoms with Gasteiger partial charge in [0, 0.05) is 30.1 Å². The number of hydrogen-bond acceptors (Lipinski definition) is 3. The van der Waals surface area contributed by atoms with Crippen LogP contribution in [0.2, 0.25) is 0 Å². The zero-order valence-corrected chi connectivity index (χ0v) is 15.1. The van der Waals surface area contributed by atoms with Crippen molar-refractivity contribution in [1.82, 2.24) is 9.13 Å². The number of aromatic nitrogens is 2. The van der Waals surface area contributed by atoms with Crippen molar-refractivity contribution in [2.75, 3.05) is 5.73 Å². The lowest BCUT2D eigenvalue weighted by Gasteiger charge is -2.17. The molecule has 5 nitrogen and oxygen atoms in total. The van der Waals surface area contributed by atoms with E-state index in [9.17, 15) is 9.59 Å². The Hall–Kier alpha value is -3.08. The summed E-state index contributed by atoms with van der Waals surface area (Å²) in [6, 6.07) is 17.3. The van der Waals surface area contributed by atoms with Gasteiger partial charge in [-0.2, -0.15) is 0 Å². The molecule has 3 rings (SSSR count). The molecule has 2 aromatic carbocycles. The van der Waals surface area contributed by atoms with Crippen LogP contribution in [-0.4, -0.2) is 9.13 Å². The maximum Gasteiger partial charge on any atom is 0.331 e. The zero-order chi connectivity index (χ0) is 18.7. The summed E-state index contributed by atoms with van der Waals surface area (Å²) in [7, 11) is 1.50. The summed E-state index contributed by atoms with van der Waals surface area (Å²) >= 11 is 0. The summed E-state index contributed by atoms with van der Waals surface area (Å²) < 4.78 is 2.80. The second kappa shape index (κ2) is 7.44. The van der Waals surface area contributed by atoms with E-state index in [0.717, 1.165) is 33.4 Å². The van der Waals surface area contributed by atoms with Gasteiger partial charge in [-0.3, -0.25) is 13.9 Å². The minimum absolute atomic E-state index is 0.279. The fourth-order valence-electron chi connectivity index (χ4n) is 3.18. The fraction of sp³-hybridized carbons (Fsp3) is 0.238. The number of nitrogens with two attached hydrogens (primary N) is 1. The molecule has 1 aromatic heterocycles. The number of anilines is 1. The number of hydrogen-bond donors (Lipinski definition) is 1. The molecule has 0 spiro atoms. The van der Waals surface area contributed by atoms with Crippen molar-refractivity contribution in [2.24, 2.45) is 7.05 Å². The Kier molecular flexibility index (Phi) is 5.07. The van der Waals surface area contributed by atoms with Crippen LogP contribution in [0, 0.1) is 0 Å². The Balaban J connectivity index is 2.18. The van der Waals surface area contributed by atoms with Gasteiger partial charge in [-0.15, -0.1) is 0 Å². The largest absolute Gasteiger partial charge is 0.398 e. The van der Waals surface area contributed by atoms with Crippen LogP contribution < -0.4 is 17.0 Å². The molecule has 5 heteroatoms. The van der Waals surface area contributed by atoms with E-state index >= 15 is 0 Å². The van der Waals surface area contributed by atoms with E-state index in [1.54, 1.807) is 10.6 Å². The second-order valence-electron chi connectivity index (χ2n) is 6.39. The lowest BCUT2D eigenvalue weighted by Crippen LogP contribution is -2.39. The maximum absolute atomic E-state index is 12.7. The first kappa shape index (κ1) is 17.7. The number of benzene rings is 2. The monoisotopic (exact) mass is 349 g/mol. The first-order valence-electron chi connectivity index (χ1n) is 8.75. The van der Waals surface area contributed by atoms with E-state index in [1.807, 2.05) is 55.5 Å². The number of nitrogens with zero attached hydrogens (tertiary/aromatic N) is 2. The average Bonchev–Trinajstić information content (AvgIpc) is 2.65. The third-order valence-electron chi connectivity index (χ3n) is 4.60. The molecule has 3 aromatic rings. The standard InChI is InChI=1S/C21H23N3O2/c1-3-8-16-13-20(25)23(2)21(26)24(16)14-18-17(11-7-12-19(18)22)15-9-5-4-6-10-15/h4-7,9-13H,3,8,14,22H2,1-2H3. The molecule has 0 radical (unpaired) electrons. The van der Waals surface area contributed by atoms with Crippen molar-refractivity contribution in [3.8, 4) is 11.1 Å². The van der Waals surface area contributed by atoms with Gasteiger partial charge in [-0.25, -0.2) is 4.79 Å². The molecule has 0 atom stereocenters. The SMILES string of the molecule is CCCc1cc(=O)n(C)c(=O)n1Cc1c(N)cccc1-c1ccccc1. The summed E-state index contributed by atoms with van der Waals surface area (Å²) in [6.07, 6.45) is 1.52. The van der Waals surface area contributed by atoms with Crippen molar-refractivity contribution in [3.63, 3.8) is 0 Å². The quantitative estimate of drug-likeness (QED) is 0.720. The van der Waals surface area contributed by atoms with Crippen LogP contribution >= 0.6 is 0 Å². The Morgan fingerprint density at radius 3 is 2.42 bits per heavy atom. The Morgan fingerprint density at radius 1 is 1.00 bits per heavy atom. The minimum atomic E-state index is -0.316. The number of rotatable bonds is 5. The Bertz CT molecular complexity index is 1030. The van der Waals surface area contributed by atoms with Crippen molar-refractivity contribution < 1.29 is 0 Å². The molecule has 0 aliphatic heterocycles. The van der Waals surface area contributed by atoms with E-state index in [4.69, 9.17) is 5.73 Å². The van der Waals surface area contributed by atoms with Gasteiger partial charge in [0.05, 0.1) is 6.54 Å². The van der Waals surface area contributed by atoms with Gasteiger partial charge in [-0.05, 0) is 23.6 Å². The fourth-order valence-corrected chi connectivity index (χ4v) is 3.18. The molecule has 0 fully saturated rings. The third kappa shape index (κ3) is 3.33. The lowest BCUT2D eigenvalue weighted by atomic mass is 9.98. The van der Waals surface area contributed by atoms with Crippen LogP contribution in [-0.2, 0) is 20.0 Å². The van der Waals surface area contributed by atoms with Gasteiger partial charge in [0.25, 0.3) is 5.56 Å². The van der Waals surface area contributed by atoms with Gasteiger partial charge in [0.1, 0.15) is 0 Å². The number of aryl methyl sites for hydroxylation is 1. The molecule has 0 bridgehead atoms. The molecule has 0 amide bonds. The summed E-state index contributed by atoms with van der Waals surface area (Å²) in [5.41, 5.74) is 9.97. The van der Waals surface area contributed by atoms with E-state index in [0.29, 0.717) is 18.7 Å². The highest BCUT2D eigenvalue weighted by atomic mass is 16.2. The van der Waals surface area contributed by atoms with Crippen molar-refractivity contribution >= 4 is 5.69 Å². The predicted molar refractivity (Wildman–Crippen MR) is 105 cm³/mol. The molecule has 1 heterocycles. The van der Waals surface area contributed by atoms with Crippen LogP contribution in [0.5, 0.6) is 0 Å². The van der Waals surface area contributed by atoms with Gasteiger partial charge >= 0.3 is 5.69 Å². The molecule has 0 saturated heterocycles. The summed E-state index contributed by atoms with van der Waals surface area (Å²) in [5, 5.41) is 0. The molecule has 0 aliphatic carbocycles. The van der Waals surface area contributed by atoms with E-state index in [1.165, 1.54) is 7.05 Å². The van der Waals surface area contributed by atoms with Crippen LogP contribution in [0.15, 0.2) is 64.2 Å². The Labute approximate surface area is 152 Å². The highest BCUT2D eigenvalue weighted by Crippen LogP contribution is 2.28. The van der Waals surface area contributed by atoms with Crippen LogP contribution in [0.3, 0.4) is 0 Å². The highest BCUT2D eigenvalue weighted by molar-refractivity contribution is 5.73.